The van der Waals surface area contributed by atoms with Gasteiger partial charge < -0.3 is 19.1 Å². The number of fused-ring (bicyclic) bond motifs is 1. The summed E-state index contributed by atoms with van der Waals surface area (Å²) in [5, 5.41) is 1.52. The van der Waals surface area contributed by atoms with Crippen LogP contribution in [0.1, 0.15) is 10.4 Å². The minimum atomic E-state index is -0.479. The van der Waals surface area contributed by atoms with Gasteiger partial charge in [0.25, 0.3) is 5.91 Å². The molecule has 0 N–H and O–H groups in total. The number of nitrogens with zero attached hydrogens (tertiary/aromatic N) is 3. The van der Waals surface area contributed by atoms with Crippen molar-refractivity contribution in [3.63, 3.8) is 0 Å². The van der Waals surface area contributed by atoms with Crippen molar-refractivity contribution < 1.29 is 14.3 Å². The number of hydrogen-bond donors (Lipinski definition) is 0. The number of para-hydroxylation sites is 1. The molecule has 1 saturated heterocycles. The molecule has 150 valence electrons. The molecule has 0 saturated carbocycles. The fraction of sp³-hybridized carbons (Fsp3) is 0.273. The normalized spacial score (nSPS) is 14.3. The molecule has 1 fully saturated rings. The molecule has 4 rings (SSSR count). The predicted octanol–water partition coefficient (Wildman–Crippen LogP) is 3.34. The van der Waals surface area contributed by atoms with Crippen LogP contribution in [0.3, 0.4) is 0 Å². The van der Waals surface area contributed by atoms with Gasteiger partial charge in [-0.05, 0) is 24.3 Å². The fourth-order valence-electron chi connectivity index (χ4n) is 3.69. The molecule has 2 aromatic carbocycles. The third kappa shape index (κ3) is 4.07. The van der Waals surface area contributed by atoms with Crippen LogP contribution in [0.4, 0.5) is 5.69 Å². The number of carbonyl (C=O) groups excluding carboxylic acids is 2. The summed E-state index contributed by atoms with van der Waals surface area (Å²) in [6, 6.07) is 15.3. The van der Waals surface area contributed by atoms with Gasteiger partial charge in [0, 0.05) is 61.0 Å². The molecule has 1 aromatic heterocycles. The van der Waals surface area contributed by atoms with E-state index in [1.54, 1.807) is 11.1 Å². The fourth-order valence-corrected chi connectivity index (χ4v) is 3.87. The summed E-state index contributed by atoms with van der Waals surface area (Å²) in [4.78, 5) is 28.9. The average molecular weight is 412 g/mol. The Labute approximate surface area is 174 Å². The number of anilines is 1. The molecule has 0 bridgehead atoms. The Morgan fingerprint density at radius 2 is 1.79 bits per heavy atom. The number of rotatable bonds is 4. The Kier molecular flexibility index (Phi) is 5.45. The highest BCUT2D eigenvalue weighted by Crippen LogP contribution is 2.22. The lowest BCUT2D eigenvalue weighted by Gasteiger charge is -2.36. The van der Waals surface area contributed by atoms with Gasteiger partial charge in [0.1, 0.15) is 0 Å². The first-order chi connectivity index (χ1) is 14.0. The molecule has 0 aliphatic carbocycles. The lowest BCUT2D eigenvalue weighted by Crippen LogP contribution is -2.49. The van der Waals surface area contributed by atoms with E-state index in [0.29, 0.717) is 36.8 Å². The maximum Gasteiger partial charge on any atom is 0.340 e. The number of piperazine rings is 1. The number of ether oxygens (including phenoxy) is 1. The zero-order valence-electron chi connectivity index (χ0n) is 16.2. The summed E-state index contributed by atoms with van der Waals surface area (Å²) >= 11 is 6.06. The van der Waals surface area contributed by atoms with Crippen LogP contribution in [0.25, 0.3) is 10.9 Å². The van der Waals surface area contributed by atoms with Gasteiger partial charge in [-0.2, -0.15) is 0 Å². The van der Waals surface area contributed by atoms with Gasteiger partial charge in [-0.15, -0.1) is 0 Å². The highest BCUT2D eigenvalue weighted by atomic mass is 35.5. The number of hydrogen-bond acceptors (Lipinski definition) is 4. The average Bonchev–Trinajstić information content (AvgIpc) is 3.09. The Morgan fingerprint density at radius 1 is 1.03 bits per heavy atom. The van der Waals surface area contributed by atoms with Crippen molar-refractivity contribution in [3.8, 4) is 0 Å². The minimum absolute atomic E-state index is 0.177. The molecule has 0 unspecified atom stereocenters. The SMILES string of the molecule is Cn1cc(C(=O)OCC(=O)N2CCN(c3cccc(Cl)c3)CC2)c2ccccc21. The number of aromatic nitrogens is 1. The van der Waals surface area contributed by atoms with E-state index in [1.165, 1.54) is 0 Å². The van der Waals surface area contributed by atoms with E-state index in [0.717, 1.165) is 16.6 Å². The van der Waals surface area contributed by atoms with Crippen LogP contribution in [0, 0.1) is 0 Å². The van der Waals surface area contributed by atoms with Crippen LogP contribution in [0.5, 0.6) is 0 Å². The predicted molar refractivity (Wildman–Crippen MR) is 113 cm³/mol. The zero-order chi connectivity index (χ0) is 20.4. The first-order valence-corrected chi connectivity index (χ1v) is 9.90. The van der Waals surface area contributed by atoms with Crippen LogP contribution >= 0.6 is 11.6 Å². The molecule has 1 amide bonds. The van der Waals surface area contributed by atoms with E-state index in [-0.39, 0.29) is 12.5 Å². The Hall–Kier alpha value is -2.99. The molecule has 29 heavy (non-hydrogen) atoms. The van der Waals surface area contributed by atoms with E-state index >= 15 is 0 Å². The topological polar surface area (TPSA) is 54.8 Å². The van der Waals surface area contributed by atoms with Crippen molar-refractivity contribution >= 4 is 40.1 Å². The van der Waals surface area contributed by atoms with Gasteiger partial charge in [-0.1, -0.05) is 35.9 Å². The Morgan fingerprint density at radius 3 is 2.55 bits per heavy atom. The van der Waals surface area contributed by atoms with Crippen LogP contribution in [-0.4, -0.2) is 54.1 Å². The number of aryl methyl sites for hydroxylation is 1. The van der Waals surface area contributed by atoms with E-state index < -0.39 is 5.97 Å². The van der Waals surface area contributed by atoms with Crippen molar-refractivity contribution in [2.45, 2.75) is 0 Å². The molecule has 6 nitrogen and oxygen atoms in total. The summed E-state index contributed by atoms with van der Waals surface area (Å²) in [6.07, 6.45) is 1.74. The van der Waals surface area contributed by atoms with Crippen molar-refractivity contribution in [2.75, 3.05) is 37.7 Å². The summed E-state index contributed by atoms with van der Waals surface area (Å²) in [6.45, 7) is 2.33. The molecule has 7 heteroatoms. The number of esters is 1. The van der Waals surface area contributed by atoms with Crippen LogP contribution in [0.15, 0.2) is 54.7 Å². The maximum absolute atomic E-state index is 12.5. The zero-order valence-corrected chi connectivity index (χ0v) is 16.9. The smallest absolute Gasteiger partial charge is 0.340 e. The monoisotopic (exact) mass is 411 g/mol. The molecule has 0 radical (unpaired) electrons. The highest BCUT2D eigenvalue weighted by Gasteiger charge is 2.23. The van der Waals surface area contributed by atoms with Crippen molar-refractivity contribution in [2.24, 2.45) is 7.05 Å². The maximum atomic E-state index is 12.5. The summed E-state index contributed by atoms with van der Waals surface area (Å²) in [7, 11) is 1.88. The summed E-state index contributed by atoms with van der Waals surface area (Å²) < 4.78 is 7.20. The lowest BCUT2D eigenvalue weighted by atomic mass is 10.2. The third-order valence-electron chi connectivity index (χ3n) is 5.25. The van der Waals surface area contributed by atoms with Crippen LogP contribution in [0.2, 0.25) is 5.02 Å². The lowest BCUT2D eigenvalue weighted by molar-refractivity contribution is -0.134. The van der Waals surface area contributed by atoms with Crippen LogP contribution < -0.4 is 4.90 Å². The van der Waals surface area contributed by atoms with E-state index in [2.05, 4.69) is 4.90 Å². The third-order valence-corrected chi connectivity index (χ3v) is 5.48. The molecule has 1 aliphatic rings. The molecule has 1 aliphatic heterocycles. The number of halogens is 1. The summed E-state index contributed by atoms with van der Waals surface area (Å²) in [5.74, 6) is -0.656. The van der Waals surface area contributed by atoms with Gasteiger partial charge in [-0.3, -0.25) is 4.79 Å². The van der Waals surface area contributed by atoms with Gasteiger partial charge in [0.15, 0.2) is 6.61 Å². The van der Waals surface area contributed by atoms with Crippen molar-refractivity contribution in [3.05, 3.63) is 65.3 Å². The largest absolute Gasteiger partial charge is 0.452 e. The van der Waals surface area contributed by atoms with Crippen molar-refractivity contribution in [1.29, 1.82) is 0 Å². The Bertz CT molecular complexity index is 1050. The van der Waals surface area contributed by atoms with Gasteiger partial charge in [0.05, 0.1) is 5.56 Å². The quantitative estimate of drug-likeness (QED) is 0.618. The minimum Gasteiger partial charge on any atom is -0.452 e. The highest BCUT2D eigenvalue weighted by molar-refractivity contribution is 6.30. The number of carbonyl (C=O) groups is 2. The molecule has 0 spiro atoms. The molecular formula is C22H22ClN3O3. The summed E-state index contributed by atoms with van der Waals surface area (Å²) in [5.41, 5.74) is 2.47. The Balaban J connectivity index is 1.33. The molecular weight excluding hydrogens is 390 g/mol. The molecule has 3 aromatic rings. The second-order valence-corrected chi connectivity index (χ2v) is 7.53. The van der Waals surface area contributed by atoms with E-state index in [9.17, 15) is 9.59 Å². The van der Waals surface area contributed by atoms with Gasteiger partial charge in [-0.25, -0.2) is 4.79 Å². The number of benzene rings is 2. The first kappa shape index (κ1) is 19.3. The first-order valence-electron chi connectivity index (χ1n) is 9.52. The van der Waals surface area contributed by atoms with Crippen molar-refractivity contribution in [1.82, 2.24) is 9.47 Å². The standard InChI is InChI=1S/C22H22ClN3O3/c1-24-14-19(18-7-2-3-8-20(18)24)22(28)29-15-21(27)26-11-9-25(10-12-26)17-6-4-5-16(23)13-17/h2-8,13-14H,9-12,15H2,1H3. The molecule has 2 heterocycles. The van der Waals surface area contributed by atoms with Gasteiger partial charge in [0.2, 0.25) is 0 Å². The van der Waals surface area contributed by atoms with E-state index in [4.69, 9.17) is 16.3 Å². The van der Waals surface area contributed by atoms with Crippen LogP contribution in [-0.2, 0) is 16.6 Å². The molecule has 0 atom stereocenters. The van der Waals surface area contributed by atoms with Gasteiger partial charge >= 0.3 is 5.97 Å². The second-order valence-electron chi connectivity index (χ2n) is 7.09. The number of amides is 1. The second kappa shape index (κ2) is 8.17. The van der Waals surface area contributed by atoms with E-state index in [1.807, 2.05) is 60.1 Å².